The highest BCUT2D eigenvalue weighted by molar-refractivity contribution is 9.10. The average Bonchev–Trinajstić information content (AvgIpc) is 2.84. The van der Waals surface area contributed by atoms with Gasteiger partial charge < -0.3 is 10.3 Å². The highest BCUT2D eigenvalue weighted by Gasteiger charge is 2.37. The Labute approximate surface area is 126 Å². The fourth-order valence-electron chi connectivity index (χ4n) is 2.67. The fraction of sp³-hybridized carbons (Fsp3) is 0.467. The maximum absolute atomic E-state index is 5.87. The predicted molar refractivity (Wildman–Crippen MR) is 80.3 cm³/mol. The van der Waals surface area contributed by atoms with Gasteiger partial charge in [0.2, 0.25) is 5.89 Å². The molecule has 1 saturated carbocycles. The zero-order valence-electron chi connectivity index (χ0n) is 11.3. The summed E-state index contributed by atoms with van der Waals surface area (Å²) in [5.74, 6) is 1.47. The highest BCUT2D eigenvalue weighted by Crippen LogP contribution is 2.42. The molecule has 2 N–H and O–H groups in total. The normalized spacial score (nSPS) is 16.9. The molecule has 2 aromatic rings. The summed E-state index contributed by atoms with van der Waals surface area (Å²) >= 11 is 3.43. The molecule has 1 aliphatic rings. The fourth-order valence-corrected chi connectivity index (χ4v) is 2.93. The molecule has 4 nitrogen and oxygen atoms in total. The topological polar surface area (TPSA) is 64.9 Å². The smallest absolute Gasteiger partial charge is 0.227 e. The lowest BCUT2D eigenvalue weighted by Gasteiger charge is -2.39. The minimum Gasteiger partial charge on any atom is -0.339 e. The van der Waals surface area contributed by atoms with Gasteiger partial charge in [-0.1, -0.05) is 39.6 Å². The molecule has 0 spiro atoms. The standard InChI is InChI=1S/C15H18BrN3O/c16-12-4-2-11(3-5-12)8-13-18-14(20-19-13)9-15(10-17)6-1-7-15/h2-5H,1,6-10,17H2. The molecule has 3 rings (SSSR count). The van der Waals surface area contributed by atoms with E-state index in [0.717, 1.165) is 22.6 Å². The molecule has 1 aliphatic carbocycles. The number of nitrogens with zero attached hydrogens (tertiary/aromatic N) is 2. The molecular weight excluding hydrogens is 318 g/mol. The van der Waals surface area contributed by atoms with Gasteiger partial charge in [-0.05, 0) is 42.5 Å². The van der Waals surface area contributed by atoms with Crippen LogP contribution in [0.1, 0.15) is 36.5 Å². The van der Waals surface area contributed by atoms with Gasteiger partial charge in [-0.15, -0.1) is 0 Å². The van der Waals surface area contributed by atoms with Gasteiger partial charge in [0.15, 0.2) is 5.82 Å². The van der Waals surface area contributed by atoms with Crippen molar-refractivity contribution >= 4 is 15.9 Å². The highest BCUT2D eigenvalue weighted by atomic mass is 79.9. The first-order valence-corrected chi connectivity index (χ1v) is 7.74. The van der Waals surface area contributed by atoms with Crippen molar-refractivity contribution in [2.75, 3.05) is 6.54 Å². The molecule has 0 atom stereocenters. The summed E-state index contributed by atoms with van der Waals surface area (Å²) in [7, 11) is 0. The summed E-state index contributed by atoms with van der Waals surface area (Å²) in [6, 6.07) is 8.17. The zero-order valence-corrected chi connectivity index (χ0v) is 12.9. The molecule has 0 unspecified atom stereocenters. The van der Waals surface area contributed by atoms with E-state index < -0.39 is 0 Å². The van der Waals surface area contributed by atoms with E-state index in [9.17, 15) is 0 Å². The SMILES string of the molecule is NCC1(Cc2nc(Cc3ccc(Br)cc3)no2)CCC1. The molecule has 1 heterocycles. The average molecular weight is 336 g/mol. The van der Waals surface area contributed by atoms with Crippen LogP contribution in [-0.4, -0.2) is 16.7 Å². The van der Waals surface area contributed by atoms with E-state index in [0.29, 0.717) is 13.0 Å². The monoisotopic (exact) mass is 335 g/mol. The lowest BCUT2D eigenvalue weighted by molar-refractivity contribution is 0.129. The number of nitrogens with two attached hydrogens (primary N) is 1. The van der Waals surface area contributed by atoms with Crippen LogP contribution in [-0.2, 0) is 12.8 Å². The van der Waals surface area contributed by atoms with Gasteiger partial charge in [0.25, 0.3) is 0 Å². The van der Waals surface area contributed by atoms with Crippen molar-refractivity contribution in [2.24, 2.45) is 11.1 Å². The summed E-state index contributed by atoms with van der Waals surface area (Å²) in [5.41, 5.74) is 7.26. The van der Waals surface area contributed by atoms with Crippen molar-refractivity contribution in [3.8, 4) is 0 Å². The van der Waals surface area contributed by atoms with Crippen LogP contribution in [0, 0.1) is 5.41 Å². The van der Waals surface area contributed by atoms with E-state index in [1.807, 2.05) is 12.1 Å². The quantitative estimate of drug-likeness (QED) is 0.911. The Morgan fingerprint density at radius 3 is 2.60 bits per heavy atom. The van der Waals surface area contributed by atoms with Crippen LogP contribution in [0.25, 0.3) is 0 Å². The van der Waals surface area contributed by atoms with Gasteiger partial charge in [-0.25, -0.2) is 0 Å². The van der Waals surface area contributed by atoms with Gasteiger partial charge in [-0.2, -0.15) is 4.98 Å². The predicted octanol–water partition coefficient (Wildman–Crippen LogP) is 3.09. The Balaban J connectivity index is 1.66. The second-order valence-electron chi connectivity index (χ2n) is 5.64. The number of rotatable bonds is 5. The lowest BCUT2D eigenvalue weighted by atomic mass is 9.67. The third-order valence-corrected chi connectivity index (χ3v) is 4.69. The van der Waals surface area contributed by atoms with Crippen molar-refractivity contribution in [1.29, 1.82) is 0 Å². The summed E-state index contributed by atoms with van der Waals surface area (Å²) < 4.78 is 6.44. The van der Waals surface area contributed by atoms with E-state index in [1.165, 1.54) is 24.8 Å². The molecule has 0 radical (unpaired) electrons. The molecule has 0 amide bonds. The third kappa shape index (κ3) is 2.94. The van der Waals surface area contributed by atoms with Crippen molar-refractivity contribution in [3.05, 3.63) is 46.0 Å². The Hall–Kier alpha value is -1.20. The van der Waals surface area contributed by atoms with Crippen LogP contribution in [0.3, 0.4) is 0 Å². The minimum absolute atomic E-state index is 0.210. The van der Waals surface area contributed by atoms with Gasteiger partial charge in [0, 0.05) is 17.3 Å². The number of hydrogen-bond acceptors (Lipinski definition) is 4. The first-order chi connectivity index (χ1) is 9.69. The van der Waals surface area contributed by atoms with Gasteiger partial charge >= 0.3 is 0 Å². The van der Waals surface area contributed by atoms with Crippen molar-refractivity contribution < 1.29 is 4.52 Å². The van der Waals surface area contributed by atoms with E-state index in [4.69, 9.17) is 10.3 Å². The van der Waals surface area contributed by atoms with E-state index in [1.54, 1.807) is 0 Å². The van der Waals surface area contributed by atoms with Gasteiger partial charge in [-0.3, -0.25) is 0 Å². The molecule has 20 heavy (non-hydrogen) atoms. The van der Waals surface area contributed by atoms with Crippen LogP contribution in [0.5, 0.6) is 0 Å². The van der Waals surface area contributed by atoms with Gasteiger partial charge in [0.1, 0.15) is 0 Å². The molecule has 1 fully saturated rings. The first kappa shape index (κ1) is 13.8. The van der Waals surface area contributed by atoms with Crippen LogP contribution < -0.4 is 5.73 Å². The maximum atomic E-state index is 5.87. The second kappa shape index (κ2) is 5.66. The Bertz CT molecular complexity index is 570. The van der Waals surface area contributed by atoms with Crippen LogP contribution in [0.15, 0.2) is 33.3 Å². The Morgan fingerprint density at radius 1 is 1.25 bits per heavy atom. The van der Waals surface area contributed by atoms with E-state index >= 15 is 0 Å². The molecule has 1 aromatic heterocycles. The second-order valence-corrected chi connectivity index (χ2v) is 6.56. The van der Waals surface area contributed by atoms with Crippen molar-refractivity contribution in [1.82, 2.24) is 10.1 Å². The van der Waals surface area contributed by atoms with Crippen molar-refractivity contribution in [3.63, 3.8) is 0 Å². The molecular formula is C15H18BrN3O. The molecule has 0 bridgehead atoms. The number of benzene rings is 1. The molecule has 0 saturated heterocycles. The summed E-state index contributed by atoms with van der Waals surface area (Å²) in [6.07, 6.45) is 5.13. The first-order valence-electron chi connectivity index (χ1n) is 6.95. The van der Waals surface area contributed by atoms with Crippen LogP contribution in [0.4, 0.5) is 0 Å². The number of halogens is 1. The van der Waals surface area contributed by atoms with E-state index in [-0.39, 0.29) is 5.41 Å². The van der Waals surface area contributed by atoms with Crippen molar-refractivity contribution in [2.45, 2.75) is 32.1 Å². The molecule has 5 heteroatoms. The summed E-state index contributed by atoms with van der Waals surface area (Å²) in [5, 5.41) is 4.07. The largest absolute Gasteiger partial charge is 0.339 e. The molecule has 0 aliphatic heterocycles. The van der Waals surface area contributed by atoms with Crippen LogP contribution in [0.2, 0.25) is 0 Å². The van der Waals surface area contributed by atoms with E-state index in [2.05, 4.69) is 38.2 Å². The van der Waals surface area contributed by atoms with Crippen LogP contribution >= 0.6 is 15.9 Å². The molecule has 1 aromatic carbocycles. The Morgan fingerprint density at radius 2 is 2.00 bits per heavy atom. The van der Waals surface area contributed by atoms with Gasteiger partial charge in [0.05, 0.1) is 0 Å². The zero-order chi connectivity index (χ0) is 14.0. The summed E-state index contributed by atoms with van der Waals surface area (Å²) in [4.78, 5) is 4.50. The number of aromatic nitrogens is 2. The third-order valence-electron chi connectivity index (χ3n) is 4.16. The Kier molecular flexibility index (Phi) is 3.89. The lowest BCUT2D eigenvalue weighted by Crippen LogP contribution is -2.39. The maximum Gasteiger partial charge on any atom is 0.227 e. The number of hydrogen-bond donors (Lipinski definition) is 1. The minimum atomic E-state index is 0.210. The molecule has 106 valence electrons. The summed E-state index contributed by atoms with van der Waals surface area (Å²) in [6.45, 7) is 0.706.